The molecular weight excluding hydrogens is 326 g/mol. The van der Waals surface area contributed by atoms with Crippen molar-refractivity contribution >= 4 is 5.82 Å². The van der Waals surface area contributed by atoms with E-state index < -0.39 is 17.8 Å². The van der Waals surface area contributed by atoms with Gasteiger partial charge in [-0.25, -0.2) is 13.8 Å². The van der Waals surface area contributed by atoms with E-state index in [9.17, 15) is 13.6 Å². The molecule has 2 atom stereocenters. The Morgan fingerprint density at radius 2 is 1.92 bits per heavy atom. The van der Waals surface area contributed by atoms with Crippen molar-refractivity contribution in [1.29, 1.82) is 5.26 Å². The second-order valence-corrected chi connectivity index (χ2v) is 6.64. The van der Waals surface area contributed by atoms with Crippen LogP contribution in [-0.4, -0.2) is 22.5 Å². The van der Waals surface area contributed by atoms with Gasteiger partial charge in [0.2, 0.25) is 0 Å². The zero-order valence-electron chi connectivity index (χ0n) is 13.5. The first-order chi connectivity index (χ1) is 12.0. The number of rotatable bonds is 3. The average molecular weight is 342 g/mol. The zero-order valence-corrected chi connectivity index (χ0v) is 13.5. The van der Waals surface area contributed by atoms with Crippen LogP contribution >= 0.6 is 0 Å². The predicted octanol–water partition coefficient (Wildman–Crippen LogP) is 2.90. The summed E-state index contributed by atoms with van der Waals surface area (Å²) in [5.74, 6) is -2.99. The van der Waals surface area contributed by atoms with E-state index in [1.165, 1.54) is 10.6 Å². The molecule has 0 saturated heterocycles. The summed E-state index contributed by atoms with van der Waals surface area (Å²) in [6.45, 7) is 0. The topological polar surface area (TPSA) is 70.7 Å². The van der Waals surface area contributed by atoms with Gasteiger partial charge in [-0.2, -0.15) is 5.26 Å². The van der Waals surface area contributed by atoms with E-state index in [-0.39, 0.29) is 11.5 Å². The molecule has 2 aliphatic carbocycles. The van der Waals surface area contributed by atoms with Gasteiger partial charge < -0.3 is 5.32 Å². The van der Waals surface area contributed by atoms with Crippen LogP contribution in [0.4, 0.5) is 14.6 Å². The number of hydrogen-bond donors (Lipinski definition) is 1. The lowest BCUT2D eigenvalue weighted by Crippen LogP contribution is -2.26. The molecule has 25 heavy (non-hydrogen) atoms. The summed E-state index contributed by atoms with van der Waals surface area (Å²) < 4.78 is 28.5. The van der Waals surface area contributed by atoms with Gasteiger partial charge in [-0.05, 0) is 37.1 Å². The van der Waals surface area contributed by atoms with Crippen LogP contribution in [0.1, 0.15) is 30.1 Å². The molecule has 0 radical (unpaired) electrons. The first-order valence-corrected chi connectivity index (χ1v) is 8.15. The molecule has 0 spiro atoms. The molecule has 2 unspecified atom stereocenters. The fraction of sp³-hybridized carbons (Fsp3) is 0.389. The lowest BCUT2D eigenvalue weighted by molar-refractivity contribution is 0.0689. The van der Waals surface area contributed by atoms with Crippen LogP contribution in [0.2, 0.25) is 0 Å². The summed E-state index contributed by atoms with van der Waals surface area (Å²) in [4.78, 5) is 17.1. The van der Waals surface area contributed by atoms with E-state index >= 15 is 0 Å². The minimum absolute atomic E-state index is 0.175. The van der Waals surface area contributed by atoms with Crippen molar-refractivity contribution < 1.29 is 8.78 Å². The average Bonchev–Trinajstić information content (AvgIpc) is 2.97. The minimum Gasteiger partial charge on any atom is -0.373 e. The predicted molar refractivity (Wildman–Crippen MR) is 88.0 cm³/mol. The van der Waals surface area contributed by atoms with E-state index in [1.807, 2.05) is 6.07 Å². The third-order valence-corrected chi connectivity index (χ3v) is 5.26. The van der Waals surface area contributed by atoms with E-state index in [1.54, 1.807) is 31.3 Å². The Morgan fingerprint density at radius 1 is 1.28 bits per heavy atom. The monoisotopic (exact) mass is 342 g/mol. The third kappa shape index (κ3) is 2.40. The maximum Gasteiger partial charge on any atom is 0.260 e. The number of nitrogens with one attached hydrogen (secondary N) is 1. The minimum atomic E-state index is -2.56. The summed E-state index contributed by atoms with van der Waals surface area (Å²) in [5, 5.41) is 11.8. The molecule has 4 rings (SSSR count). The summed E-state index contributed by atoms with van der Waals surface area (Å²) in [6.07, 6.45) is 0.682. The Labute approximate surface area is 142 Å². The van der Waals surface area contributed by atoms with Gasteiger partial charge >= 0.3 is 0 Å². The molecule has 128 valence electrons. The fourth-order valence-electron chi connectivity index (χ4n) is 3.87. The number of hydrogen-bond acceptors (Lipinski definition) is 4. The summed E-state index contributed by atoms with van der Waals surface area (Å²) >= 11 is 0. The Kier molecular flexibility index (Phi) is 3.39. The summed E-state index contributed by atoms with van der Waals surface area (Å²) in [7, 11) is 1.66. The van der Waals surface area contributed by atoms with Crippen molar-refractivity contribution in [3.8, 4) is 11.8 Å². The molecule has 2 aliphatic rings. The van der Waals surface area contributed by atoms with E-state index in [4.69, 9.17) is 5.26 Å². The van der Waals surface area contributed by atoms with Gasteiger partial charge in [-0.3, -0.25) is 9.36 Å². The van der Waals surface area contributed by atoms with Gasteiger partial charge in [0, 0.05) is 30.9 Å². The highest BCUT2D eigenvalue weighted by Gasteiger charge is 2.71. The van der Waals surface area contributed by atoms with Gasteiger partial charge in [-0.15, -0.1) is 0 Å². The molecule has 1 heterocycles. The van der Waals surface area contributed by atoms with Crippen molar-refractivity contribution in [2.45, 2.75) is 24.7 Å². The smallest absolute Gasteiger partial charge is 0.260 e. The zero-order chi connectivity index (χ0) is 17.8. The van der Waals surface area contributed by atoms with Crippen LogP contribution in [0, 0.1) is 23.2 Å². The highest BCUT2D eigenvalue weighted by Crippen LogP contribution is 2.67. The van der Waals surface area contributed by atoms with Crippen molar-refractivity contribution in [2.75, 3.05) is 12.4 Å². The molecule has 0 amide bonds. The Hall–Kier alpha value is -2.75. The van der Waals surface area contributed by atoms with Crippen LogP contribution < -0.4 is 10.9 Å². The van der Waals surface area contributed by atoms with Gasteiger partial charge in [-0.1, -0.05) is 0 Å². The number of nitriles is 1. The number of alkyl halides is 2. The van der Waals surface area contributed by atoms with Crippen molar-refractivity contribution in [1.82, 2.24) is 9.55 Å². The third-order valence-electron chi connectivity index (χ3n) is 5.26. The summed E-state index contributed by atoms with van der Waals surface area (Å²) in [6, 6.07) is 10.0. The first-order valence-electron chi connectivity index (χ1n) is 8.15. The second-order valence-electron chi connectivity index (χ2n) is 6.64. The number of nitrogens with zero attached hydrogens (tertiary/aromatic N) is 3. The highest BCUT2D eigenvalue weighted by atomic mass is 19.3. The molecule has 1 aromatic carbocycles. The van der Waals surface area contributed by atoms with Gasteiger partial charge in [0.05, 0.1) is 17.3 Å². The summed E-state index contributed by atoms with van der Waals surface area (Å²) in [5.41, 5.74) is 0.799. The largest absolute Gasteiger partial charge is 0.373 e. The lowest BCUT2D eigenvalue weighted by Gasteiger charge is -2.20. The molecule has 5 nitrogen and oxygen atoms in total. The molecule has 2 saturated carbocycles. The van der Waals surface area contributed by atoms with Crippen molar-refractivity contribution in [3.63, 3.8) is 0 Å². The van der Waals surface area contributed by atoms with Crippen LogP contribution in [0.5, 0.6) is 0 Å². The molecule has 1 N–H and O–H groups in total. The van der Waals surface area contributed by atoms with Crippen LogP contribution in [0.25, 0.3) is 5.69 Å². The fourth-order valence-corrected chi connectivity index (χ4v) is 3.87. The lowest BCUT2D eigenvalue weighted by atomic mass is 10.0. The van der Waals surface area contributed by atoms with Gasteiger partial charge in [0.1, 0.15) is 11.6 Å². The Bertz CT molecular complexity index is 916. The van der Waals surface area contributed by atoms with Gasteiger partial charge in [0.15, 0.2) is 0 Å². The number of anilines is 1. The second kappa shape index (κ2) is 5.38. The Morgan fingerprint density at radius 3 is 2.48 bits per heavy atom. The molecule has 2 aromatic rings. The SMILES string of the molecule is CNc1cc(=O)n(-c2ccc(C#N)cc2)c(C2CC3C(C2)C3(F)F)n1. The van der Waals surface area contributed by atoms with Crippen LogP contribution in [0.15, 0.2) is 35.1 Å². The van der Waals surface area contributed by atoms with Crippen LogP contribution in [0.3, 0.4) is 0 Å². The number of halogens is 2. The molecule has 0 bridgehead atoms. The Balaban J connectivity index is 1.78. The molecule has 2 fully saturated rings. The van der Waals surface area contributed by atoms with E-state index in [0.717, 1.165) is 0 Å². The normalized spacial score (nSPS) is 25.9. The van der Waals surface area contributed by atoms with E-state index in [2.05, 4.69) is 10.3 Å². The highest BCUT2D eigenvalue weighted by molar-refractivity contribution is 5.43. The number of benzene rings is 1. The number of fused-ring (bicyclic) bond motifs is 1. The quantitative estimate of drug-likeness (QED) is 0.931. The molecule has 0 aliphatic heterocycles. The molecule has 7 heteroatoms. The van der Waals surface area contributed by atoms with E-state index in [0.29, 0.717) is 35.7 Å². The van der Waals surface area contributed by atoms with Gasteiger partial charge in [0.25, 0.3) is 11.5 Å². The van der Waals surface area contributed by atoms with Crippen molar-refractivity contribution in [2.24, 2.45) is 11.8 Å². The first kappa shape index (κ1) is 15.8. The maximum atomic E-state index is 13.5. The number of aromatic nitrogens is 2. The molecular formula is C18H16F2N4O. The van der Waals surface area contributed by atoms with Crippen molar-refractivity contribution in [3.05, 3.63) is 52.1 Å². The molecule has 1 aromatic heterocycles. The maximum absolute atomic E-state index is 13.5. The van der Waals surface area contributed by atoms with Crippen LogP contribution in [-0.2, 0) is 0 Å². The standard InChI is InChI=1S/C18H16F2N4O/c1-22-15-8-16(25)24(12-4-2-10(9-21)3-5-12)17(23-15)11-6-13-14(7-11)18(13,19)20/h2-5,8,11,13-14,22H,6-7H2,1H3.